The van der Waals surface area contributed by atoms with E-state index in [4.69, 9.17) is 18.9 Å². The van der Waals surface area contributed by atoms with Crippen LogP contribution in [-0.2, 0) is 11.2 Å². The first-order valence-electron chi connectivity index (χ1n) is 12.0. The Hall–Kier alpha value is -3.46. The molecule has 0 spiro atoms. The highest BCUT2D eigenvalue weighted by molar-refractivity contribution is 6.43. The number of anilines is 1. The van der Waals surface area contributed by atoms with Gasteiger partial charge in [0, 0.05) is 50.5 Å². The van der Waals surface area contributed by atoms with Crippen molar-refractivity contribution >= 4 is 17.4 Å². The minimum Gasteiger partial charge on any atom is -0.493 e. The van der Waals surface area contributed by atoms with E-state index in [1.165, 1.54) is 7.11 Å². The van der Waals surface area contributed by atoms with E-state index in [9.17, 15) is 9.59 Å². The average Bonchev–Trinajstić information content (AvgIpc) is 3.02. The molecule has 1 aliphatic heterocycles. The van der Waals surface area contributed by atoms with Gasteiger partial charge in [-0.3, -0.25) is 9.59 Å². The number of Topliss-reactive ketones (excluding diaryl/α,β-unsaturated/α-hetero) is 1. The molecule has 0 aliphatic carbocycles. The van der Waals surface area contributed by atoms with E-state index in [1.807, 2.05) is 25.2 Å². The first-order chi connectivity index (χ1) is 17.3. The molecule has 9 heteroatoms. The molecule has 0 radical (unpaired) electrons. The van der Waals surface area contributed by atoms with Gasteiger partial charge in [-0.2, -0.15) is 0 Å². The molecule has 1 aliphatic rings. The smallest absolute Gasteiger partial charge is 0.294 e. The van der Waals surface area contributed by atoms with E-state index in [0.29, 0.717) is 48.1 Å². The number of rotatable bonds is 12. The standard InChI is InChI=1S/C27H37N3O6/c1-28(14-15-29(2)20-8-9-22(33-3)24(17-20)35-5)11-7-12-30-13-10-19-16-23(34-4)25(36-6)18-21(19)26(31)27(30)32/h8-9,16-18H,7,10-15H2,1-6H3. The molecular formula is C27H37N3O6. The zero-order valence-corrected chi connectivity index (χ0v) is 22.1. The lowest BCUT2D eigenvalue weighted by atomic mass is 10.0. The molecule has 2 aromatic carbocycles. The van der Waals surface area contributed by atoms with Gasteiger partial charge in [-0.05, 0) is 56.3 Å². The van der Waals surface area contributed by atoms with Gasteiger partial charge in [0.25, 0.3) is 11.7 Å². The first kappa shape index (κ1) is 27.1. The summed E-state index contributed by atoms with van der Waals surface area (Å²) >= 11 is 0. The monoisotopic (exact) mass is 499 g/mol. The van der Waals surface area contributed by atoms with E-state index < -0.39 is 11.7 Å². The van der Waals surface area contributed by atoms with Crippen LogP contribution >= 0.6 is 0 Å². The highest BCUT2D eigenvalue weighted by atomic mass is 16.5. The van der Waals surface area contributed by atoms with Crippen molar-refractivity contribution in [3.05, 3.63) is 41.5 Å². The second-order valence-corrected chi connectivity index (χ2v) is 8.85. The second kappa shape index (κ2) is 12.5. The van der Waals surface area contributed by atoms with Gasteiger partial charge in [-0.1, -0.05) is 0 Å². The highest BCUT2D eigenvalue weighted by Gasteiger charge is 2.30. The Morgan fingerprint density at radius 1 is 0.806 bits per heavy atom. The van der Waals surface area contributed by atoms with Crippen molar-refractivity contribution in [1.82, 2.24) is 9.80 Å². The van der Waals surface area contributed by atoms with Gasteiger partial charge in [0.1, 0.15) is 0 Å². The third kappa shape index (κ3) is 6.20. The normalized spacial score (nSPS) is 13.4. The average molecular weight is 500 g/mol. The molecule has 1 heterocycles. The fourth-order valence-electron chi connectivity index (χ4n) is 4.32. The number of likely N-dealkylation sites (N-methyl/N-ethyl adjacent to an activating group) is 2. The predicted molar refractivity (Wildman–Crippen MR) is 139 cm³/mol. The van der Waals surface area contributed by atoms with E-state index in [-0.39, 0.29) is 0 Å². The van der Waals surface area contributed by atoms with Crippen LogP contribution in [0.2, 0.25) is 0 Å². The number of ether oxygens (including phenoxy) is 4. The van der Waals surface area contributed by atoms with Crippen molar-refractivity contribution in [3.63, 3.8) is 0 Å². The lowest BCUT2D eigenvalue weighted by Crippen LogP contribution is -2.38. The molecule has 0 unspecified atom stereocenters. The molecule has 0 fully saturated rings. The van der Waals surface area contributed by atoms with Crippen LogP contribution in [0.5, 0.6) is 23.0 Å². The minimum atomic E-state index is -0.492. The van der Waals surface area contributed by atoms with E-state index >= 15 is 0 Å². The maximum atomic E-state index is 12.9. The van der Waals surface area contributed by atoms with E-state index in [1.54, 1.807) is 38.4 Å². The summed E-state index contributed by atoms with van der Waals surface area (Å²) in [5.74, 6) is 1.46. The van der Waals surface area contributed by atoms with Gasteiger partial charge in [0.05, 0.1) is 28.4 Å². The molecule has 1 amide bonds. The molecule has 0 atom stereocenters. The molecule has 0 N–H and O–H groups in total. The van der Waals surface area contributed by atoms with Crippen molar-refractivity contribution in [1.29, 1.82) is 0 Å². The molecule has 2 aromatic rings. The maximum Gasteiger partial charge on any atom is 0.294 e. The van der Waals surface area contributed by atoms with Crippen LogP contribution in [0.4, 0.5) is 5.69 Å². The summed E-state index contributed by atoms with van der Waals surface area (Å²) in [6.07, 6.45) is 1.37. The fourth-order valence-corrected chi connectivity index (χ4v) is 4.32. The molecule has 0 aromatic heterocycles. The third-order valence-electron chi connectivity index (χ3n) is 6.58. The lowest BCUT2D eigenvalue weighted by molar-refractivity contribution is -0.126. The number of nitrogens with zero attached hydrogens (tertiary/aromatic N) is 3. The van der Waals surface area contributed by atoms with Gasteiger partial charge in [-0.15, -0.1) is 0 Å². The Labute approximate surface area is 213 Å². The zero-order chi connectivity index (χ0) is 26.2. The Morgan fingerprint density at radius 2 is 1.44 bits per heavy atom. The number of methoxy groups -OCH3 is 4. The van der Waals surface area contributed by atoms with Crippen molar-refractivity contribution in [3.8, 4) is 23.0 Å². The molecule has 9 nitrogen and oxygen atoms in total. The topological polar surface area (TPSA) is 80.8 Å². The fraction of sp³-hybridized carbons (Fsp3) is 0.481. The van der Waals surface area contributed by atoms with Gasteiger partial charge in [0.2, 0.25) is 0 Å². The maximum absolute atomic E-state index is 12.9. The highest BCUT2D eigenvalue weighted by Crippen LogP contribution is 2.33. The van der Waals surface area contributed by atoms with Crippen LogP contribution in [0.15, 0.2) is 30.3 Å². The SMILES string of the molecule is COc1ccc(N(C)CCN(C)CCCN2CCc3cc(OC)c(OC)cc3C(=O)C2=O)cc1OC. The number of carbonyl (C=O) groups is 2. The number of carbonyl (C=O) groups excluding carboxylic acids is 2. The quantitative estimate of drug-likeness (QED) is 0.413. The summed E-state index contributed by atoms with van der Waals surface area (Å²) in [4.78, 5) is 31.8. The largest absolute Gasteiger partial charge is 0.493 e. The van der Waals surface area contributed by atoms with Gasteiger partial charge in [-0.25, -0.2) is 0 Å². The van der Waals surface area contributed by atoms with Crippen LogP contribution in [-0.4, -0.2) is 96.7 Å². The number of benzene rings is 2. The van der Waals surface area contributed by atoms with Crippen molar-refractivity contribution in [2.75, 3.05) is 80.2 Å². The second-order valence-electron chi connectivity index (χ2n) is 8.85. The van der Waals surface area contributed by atoms with Gasteiger partial charge < -0.3 is 33.6 Å². The number of hydrogen-bond donors (Lipinski definition) is 0. The Kier molecular flexibility index (Phi) is 9.41. The number of ketones is 1. The Bertz CT molecular complexity index is 1070. The summed E-state index contributed by atoms with van der Waals surface area (Å²) in [7, 11) is 10.4. The summed E-state index contributed by atoms with van der Waals surface area (Å²) in [6, 6.07) is 9.28. The van der Waals surface area contributed by atoms with E-state index in [0.717, 1.165) is 37.3 Å². The molecule has 36 heavy (non-hydrogen) atoms. The summed E-state index contributed by atoms with van der Waals surface area (Å²) < 4.78 is 21.4. The van der Waals surface area contributed by atoms with Gasteiger partial charge >= 0.3 is 0 Å². The number of hydrogen-bond acceptors (Lipinski definition) is 8. The van der Waals surface area contributed by atoms with E-state index in [2.05, 4.69) is 16.8 Å². The van der Waals surface area contributed by atoms with Crippen LogP contribution in [0, 0.1) is 0 Å². The molecule has 0 saturated heterocycles. The van der Waals surface area contributed by atoms with Crippen molar-refractivity contribution < 1.29 is 28.5 Å². The van der Waals surface area contributed by atoms with Crippen LogP contribution in [0.25, 0.3) is 0 Å². The van der Waals surface area contributed by atoms with Gasteiger partial charge in [0.15, 0.2) is 23.0 Å². The minimum absolute atomic E-state index is 0.399. The van der Waals surface area contributed by atoms with Crippen LogP contribution < -0.4 is 23.8 Å². The summed E-state index contributed by atoms with van der Waals surface area (Å²) in [5, 5.41) is 0. The van der Waals surface area contributed by atoms with Crippen LogP contribution in [0.1, 0.15) is 22.3 Å². The molecule has 196 valence electrons. The Morgan fingerprint density at radius 3 is 2.11 bits per heavy atom. The molecule has 3 rings (SSSR count). The predicted octanol–water partition coefficient (Wildman–Crippen LogP) is 2.75. The van der Waals surface area contributed by atoms with Crippen LogP contribution in [0.3, 0.4) is 0 Å². The molecule has 0 saturated carbocycles. The third-order valence-corrected chi connectivity index (χ3v) is 6.58. The summed E-state index contributed by atoms with van der Waals surface area (Å²) in [6.45, 7) is 3.52. The molecular weight excluding hydrogens is 462 g/mol. The molecule has 0 bridgehead atoms. The van der Waals surface area contributed by atoms with Crippen molar-refractivity contribution in [2.45, 2.75) is 12.8 Å². The Balaban J connectivity index is 1.50. The van der Waals surface area contributed by atoms with Crippen molar-refractivity contribution in [2.24, 2.45) is 0 Å². The zero-order valence-electron chi connectivity index (χ0n) is 22.1. The number of amides is 1. The first-order valence-corrected chi connectivity index (χ1v) is 12.0. The summed E-state index contributed by atoms with van der Waals surface area (Å²) in [5.41, 5.74) is 2.25. The lowest BCUT2D eigenvalue weighted by Gasteiger charge is -2.25. The number of fused-ring (bicyclic) bond motifs is 1.